The molecule has 13 heavy (non-hydrogen) atoms. The van der Waals surface area contributed by atoms with Gasteiger partial charge in [0.05, 0.1) is 0 Å². The second-order valence-corrected chi connectivity index (χ2v) is 3.68. The lowest BCUT2D eigenvalue weighted by Gasteiger charge is -2.19. The van der Waals surface area contributed by atoms with Crippen LogP contribution < -0.4 is 11.1 Å². The normalized spacial score (nSPS) is 11.4. The Bertz CT molecular complexity index is 280. The molecule has 0 aliphatic rings. The fraction of sp³-hybridized carbons (Fsp3) is 0.444. The van der Waals surface area contributed by atoms with Gasteiger partial charge in [-0.25, -0.2) is 9.37 Å². The second kappa shape index (κ2) is 3.70. The van der Waals surface area contributed by atoms with Crippen LogP contribution in [0.4, 0.5) is 10.2 Å². The number of nitrogens with one attached hydrogen (secondary N) is 1. The van der Waals surface area contributed by atoms with Crippen molar-refractivity contribution in [2.45, 2.75) is 19.4 Å². The van der Waals surface area contributed by atoms with Gasteiger partial charge in [0, 0.05) is 18.3 Å². The van der Waals surface area contributed by atoms with Crippen LogP contribution >= 0.6 is 0 Å². The minimum Gasteiger partial charge on any atom is -0.366 e. The van der Waals surface area contributed by atoms with Crippen molar-refractivity contribution in [3.63, 3.8) is 0 Å². The molecule has 0 atom stereocenters. The summed E-state index contributed by atoms with van der Waals surface area (Å²) in [4.78, 5) is 3.84. The second-order valence-electron chi connectivity index (χ2n) is 3.68. The van der Waals surface area contributed by atoms with Crippen molar-refractivity contribution in [2.24, 2.45) is 5.73 Å². The predicted molar refractivity (Wildman–Crippen MR) is 51.0 cm³/mol. The van der Waals surface area contributed by atoms with Crippen molar-refractivity contribution in [1.29, 1.82) is 0 Å². The first kappa shape index (κ1) is 9.92. The van der Waals surface area contributed by atoms with Crippen LogP contribution in [0.1, 0.15) is 13.8 Å². The Morgan fingerprint density at radius 3 is 2.85 bits per heavy atom. The molecule has 0 saturated carbocycles. The Balaban J connectivity index is 2.60. The van der Waals surface area contributed by atoms with Gasteiger partial charge >= 0.3 is 0 Å². The molecule has 1 aromatic rings. The van der Waals surface area contributed by atoms with E-state index < -0.39 is 0 Å². The van der Waals surface area contributed by atoms with Crippen LogP contribution in [0.15, 0.2) is 18.3 Å². The van der Waals surface area contributed by atoms with Crippen LogP contribution in [0.3, 0.4) is 0 Å². The molecule has 0 fully saturated rings. The molecule has 3 N–H and O–H groups in total. The third kappa shape index (κ3) is 3.38. The van der Waals surface area contributed by atoms with Crippen molar-refractivity contribution in [3.8, 4) is 0 Å². The van der Waals surface area contributed by atoms with Gasteiger partial charge in [0.25, 0.3) is 0 Å². The summed E-state index contributed by atoms with van der Waals surface area (Å²) in [7, 11) is 0. The molecule has 1 aromatic heterocycles. The van der Waals surface area contributed by atoms with E-state index in [2.05, 4.69) is 10.3 Å². The predicted octanol–water partition coefficient (Wildman–Crippen LogP) is 1.37. The average Bonchev–Trinajstić information content (AvgIpc) is 2.01. The molecule has 0 aromatic carbocycles. The molecule has 0 spiro atoms. The van der Waals surface area contributed by atoms with E-state index in [9.17, 15) is 4.39 Å². The van der Waals surface area contributed by atoms with Crippen LogP contribution in [0.5, 0.6) is 0 Å². The first-order valence-electron chi connectivity index (χ1n) is 4.12. The fourth-order valence-corrected chi connectivity index (χ4v) is 0.827. The highest BCUT2D eigenvalue weighted by molar-refractivity contribution is 5.35. The smallest absolute Gasteiger partial charge is 0.165 e. The molecule has 3 nitrogen and oxygen atoms in total. The molecule has 0 unspecified atom stereocenters. The zero-order valence-corrected chi connectivity index (χ0v) is 7.84. The zero-order chi connectivity index (χ0) is 9.90. The summed E-state index contributed by atoms with van der Waals surface area (Å²) in [5.74, 6) is -0.104. The largest absolute Gasteiger partial charge is 0.366 e. The van der Waals surface area contributed by atoms with Gasteiger partial charge < -0.3 is 11.1 Å². The minimum absolute atomic E-state index is 0.251. The van der Waals surface area contributed by atoms with Crippen molar-refractivity contribution in [2.75, 3.05) is 11.9 Å². The quantitative estimate of drug-likeness (QED) is 0.744. The third-order valence-corrected chi connectivity index (χ3v) is 1.47. The average molecular weight is 183 g/mol. The summed E-state index contributed by atoms with van der Waals surface area (Å²) in [6, 6.07) is 2.91. The Labute approximate surface area is 77.2 Å². The molecule has 1 heterocycles. The Morgan fingerprint density at radius 1 is 1.62 bits per heavy atom. The number of nitrogens with two attached hydrogens (primary N) is 1. The van der Waals surface area contributed by atoms with E-state index in [0.717, 1.165) is 0 Å². The number of nitrogens with zero attached hydrogens (tertiary/aromatic N) is 1. The fourth-order valence-electron chi connectivity index (χ4n) is 0.827. The first-order chi connectivity index (χ1) is 5.99. The Hall–Kier alpha value is -1.16. The topological polar surface area (TPSA) is 50.9 Å². The van der Waals surface area contributed by atoms with Crippen molar-refractivity contribution >= 4 is 5.82 Å². The Kier molecular flexibility index (Phi) is 2.83. The van der Waals surface area contributed by atoms with Gasteiger partial charge in [-0.1, -0.05) is 0 Å². The van der Waals surface area contributed by atoms with Crippen LogP contribution in [-0.4, -0.2) is 17.1 Å². The van der Waals surface area contributed by atoms with Crippen LogP contribution in [0.25, 0.3) is 0 Å². The summed E-state index contributed by atoms with van der Waals surface area (Å²) < 4.78 is 13.0. The Morgan fingerprint density at radius 2 is 2.31 bits per heavy atom. The third-order valence-electron chi connectivity index (χ3n) is 1.47. The first-order valence-corrected chi connectivity index (χ1v) is 4.12. The number of aromatic nitrogens is 1. The molecule has 0 aliphatic heterocycles. The van der Waals surface area contributed by atoms with Gasteiger partial charge in [-0.2, -0.15) is 0 Å². The van der Waals surface area contributed by atoms with E-state index in [0.29, 0.717) is 6.54 Å². The van der Waals surface area contributed by atoms with Crippen molar-refractivity contribution < 1.29 is 4.39 Å². The molecule has 0 bridgehead atoms. The van der Waals surface area contributed by atoms with E-state index in [1.165, 1.54) is 12.3 Å². The van der Waals surface area contributed by atoms with Gasteiger partial charge in [0.2, 0.25) is 0 Å². The monoisotopic (exact) mass is 183 g/mol. The van der Waals surface area contributed by atoms with Crippen molar-refractivity contribution in [1.82, 2.24) is 4.98 Å². The summed E-state index contributed by atoms with van der Waals surface area (Å²) in [5, 5.41) is 2.84. The summed E-state index contributed by atoms with van der Waals surface area (Å²) in [6.07, 6.45) is 1.54. The highest BCUT2D eigenvalue weighted by Crippen LogP contribution is 2.09. The zero-order valence-electron chi connectivity index (χ0n) is 7.84. The van der Waals surface area contributed by atoms with Gasteiger partial charge in [-0.3, -0.25) is 0 Å². The summed E-state index contributed by atoms with van der Waals surface area (Å²) in [5.41, 5.74) is 5.35. The number of hydrogen-bond acceptors (Lipinski definition) is 3. The van der Waals surface area contributed by atoms with Crippen molar-refractivity contribution in [3.05, 3.63) is 24.1 Å². The summed E-state index contributed by atoms with van der Waals surface area (Å²) in [6.45, 7) is 4.21. The SMILES string of the molecule is CC(C)(N)CNc1ncccc1F. The van der Waals surface area contributed by atoms with Crippen LogP contribution in [0, 0.1) is 5.82 Å². The molecular formula is C9H14FN3. The number of hydrogen-bond donors (Lipinski definition) is 2. The molecule has 0 amide bonds. The van der Waals surface area contributed by atoms with Gasteiger partial charge in [0.15, 0.2) is 11.6 Å². The number of pyridine rings is 1. The van der Waals surface area contributed by atoms with E-state index >= 15 is 0 Å². The standard InChI is InChI=1S/C9H14FN3/c1-9(2,11)6-13-8-7(10)4-3-5-12-8/h3-5H,6,11H2,1-2H3,(H,12,13). The maximum absolute atomic E-state index is 13.0. The maximum atomic E-state index is 13.0. The summed E-state index contributed by atoms with van der Waals surface area (Å²) >= 11 is 0. The molecule has 0 saturated heterocycles. The van der Waals surface area contributed by atoms with E-state index in [-0.39, 0.29) is 17.2 Å². The highest BCUT2D eigenvalue weighted by atomic mass is 19.1. The molecule has 1 rings (SSSR count). The van der Waals surface area contributed by atoms with Gasteiger partial charge in [-0.15, -0.1) is 0 Å². The number of rotatable bonds is 3. The van der Waals surface area contributed by atoms with Gasteiger partial charge in [-0.05, 0) is 26.0 Å². The number of anilines is 1. The molecule has 0 radical (unpaired) electrons. The molecule has 72 valence electrons. The molecule has 0 aliphatic carbocycles. The lowest BCUT2D eigenvalue weighted by molar-refractivity contribution is 0.544. The van der Waals surface area contributed by atoms with Gasteiger partial charge in [0.1, 0.15) is 0 Å². The molecular weight excluding hydrogens is 169 g/mol. The van der Waals surface area contributed by atoms with E-state index in [4.69, 9.17) is 5.73 Å². The van der Waals surface area contributed by atoms with E-state index in [1.807, 2.05) is 13.8 Å². The van der Waals surface area contributed by atoms with Crippen LogP contribution in [-0.2, 0) is 0 Å². The minimum atomic E-state index is -0.371. The number of halogens is 1. The molecule has 4 heteroatoms. The van der Waals surface area contributed by atoms with E-state index in [1.54, 1.807) is 6.07 Å². The maximum Gasteiger partial charge on any atom is 0.165 e. The lowest BCUT2D eigenvalue weighted by atomic mass is 10.1. The lowest BCUT2D eigenvalue weighted by Crippen LogP contribution is -2.39. The van der Waals surface area contributed by atoms with Crippen LogP contribution in [0.2, 0.25) is 0 Å². The highest BCUT2D eigenvalue weighted by Gasteiger charge is 2.11.